The molecule has 1 saturated heterocycles. The van der Waals surface area contributed by atoms with Crippen molar-refractivity contribution >= 4 is 29.3 Å². The number of hydrogen-bond donors (Lipinski definition) is 1. The van der Waals surface area contributed by atoms with Crippen molar-refractivity contribution in [1.29, 1.82) is 0 Å². The predicted molar refractivity (Wildman–Crippen MR) is 113 cm³/mol. The Morgan fingerprint density at radius 2 is 1.89 bits per heavy atom. The Balaban J connectivity index is 1.60. The summed E-state index contributed by atoms with van der Waals surface area (Å²) in [5.74, 6) is -0.111. The third-order valence-corrected chi connectivity index (χ3v) is 5.32. The highest BCUT2D eigenvalue weighted by atomic mass is 35.5. The van der Waals surface area contributed by atoms with E-state index in [1.807, 2.05) is 31.2 Å². The van der Waals surface area contributed by atoms with Crippen molar-refractivity contribution in [2.75, 3.05) is 38.1 Å². The van der Waals surface area contributed by atoms with Gasteiger partial charge in [-0.25, -0.2) is 0 Å². The fourth-order valence-corrected chi connectivity index (χ4v) is 3.33. The van der Waals surface area contributed by atoms with Crippen LogP contribution in [0.25, 0.3) is 6.08 Å². The van der Waals surface area contributed by atoms with Gasteiger partial charge >= 0.3 is 0 Å². The molecule has 1 aliphatic rings. The predicted octanol–water partition coefficient (Wildman–Crippen LogP) is 3.73. The molecule has 1 fully saturated rings. The largest absolute Gasteiger partial charge is 0.369 e. The number of likely N-dealkylation sites (N-methyl/N-ethyl adjacent to an activating group) is 1. The maximum atomic E-state index is 12.2. The molecule has 0 unspecified atom stereocenters. The summed E-state index contributed by atoms with van der Waals surface area (Å²) in [5, 5.41) is 3.69. The lowest BCUT2D eigenvalue weighted by Gasteiger charge is -2.35. The number of hydrogen-bond acceptors (Lipinski definition) is 3. The second kappa shape index (κ2) is 9.07. The number of para-hydroxylation sites is 1. The monoisotopic (exact) mass is 383 g/mol. The van der Waals surface area contributed by atoms with Crippen LogP contribution in [-0.2, 0) is 11.3 Å². The zero-order chi connectivity index (χ0) is 19.2. The lowest BCUT2D eigenvalue weighted by Crippen LogP contribution is -2.45. The van der Waals surface area contributed by atoms with Gasteiger partial charge in [0.15, 0.2) is 0 Å². The summed E-state index contributed by atoms with van der Waals surface area (Å²) >= 11 is 6.13. The van der Waals surface area contributed by atoms with Gasteiger partial charge in [-0.2, -0.15) is 0 Å². The van der Waals surface area contributed by atoms with Crippen molar-refractivity contribution in [2.45, 2.75) is 13.5 Å². The van der Waals surface area contributed by atoms with Crippen molar-refractivity contribution in [1.82, 2.24) is 10.2 Å². The van der Waals surface area contributed by atoms with Gasteiger partial charge in [-0.15, -0.1) is 0 Å². The first-order chi connectivity index (χ1) is 13.0. The molecule has 0 saturated carbocycles. The van der Waals surface area contributed by atoms with Gasteiger partial charge in [-0.3, -0.25) is 4.79 Å². The number of aryl methyl sites for hydroxylation is 1. The smallest absolute Gasteiger partial charge is 0.244 e. The molecule has 142 valence electrons. The number of rotatable bonds is 5. The van der Waals surface area contributed by atoms with Crippen LogP contribution in [0.2, 0.25) is 5.02 Å². The minimum atomic E-state index is -0.111. The van der Waals surface area contributed by atoms with Crippen LogP contribution in [0.1, 0.15) is 16.7 Å². The van der Waals surface area contributed by atoms with Crippen LogP contribution in [0, 0.1) is 6.92 Å². The van der Waals surface area contributed by atoms with E-state index in [0.717, 1.165) is 42.9 Å². The Kier molecular flexibility index (Phi) is 6.54. The van der Waals surface area contributed by atoms with Gasteiger partial charge in [0, 0.05) is 49.5 Å². The van der Waals surface area contributed by atoms with Gasteiger partial charge in [-0.05, 0) is 48.9 Å². The molecule has 1 heterocycles. The number of halogens is 1. The van der Waals surface area contributed by atoms with Crippen molar-refractivity contribution in [3.63, 3.8) is 0 Å². The van der Waals surface area contributed by atoms with Crippen LogP contribution in [0.3, 0.4) is 0 Å². The van der Waals surface area contributed by atoms with E-state index < -0.39 is 0 Å². The van der Waals surface area contributed by atoms with Gasteiger partial charge in [0.25, 0.3) is 0 Å². The molecule has 1 amide bonds. The Bertz CT molecular complexity index is 826. The van der Waals surface area contributed by atoms with E-state index in [1.54, 1.807) is 12.2 Å². The lowest BCUT2D eigenvalue weighted by atomic mass is 10.1. The van der Waals surface area contributed by atoms with E-state index >= 15 is 0 Å². The Labute approximate surface area is 166 Å². The van der Waals surface area contributed by atoms with E-state index in [1.165, 1.54) is 5.69 Å². The number of carbonyl (C=O) groups excluding carboxylic acids is 1. The summed E-state index contributed by atoms with van der Waals surface area (Å²) in [6.07, 6.45) is 3.34. The van der Waals surface area contributed by atoms with Gasteiger partial charge in [-0.1, -0.05) is 41.9 Å². The Hall–Kier alpha value is -2.30. The summed E-state index contributed by atoms with van der Waals surface area (Å²) in [6.45, 7) is 6.61. The standard InChI is InChI=1S/C22H26ClN3O/c1-17-7-8-18(15-20(17)23)9-10-22(27)24-16-19-5-3-4-6-21(19)26-13-11-25(2)12-14-26/h3-10,15H,11-14,16H2,1-2H3,(H,24,27)/b10-9+. The van der Waals surface area contributed by atoms with E-state index in [9.17, 15) is 4.79 Å². The fraction of sp³-hybridized carbons (Fsp3) is 0.318. The highest BCUT2D eigenvalue weighted by Gasteiger charge is 2.16. The second-order valence-electron chi connectivity index (χ2n) is 6.98. The number of nitrogens with zero attached hydrogens (tertiary/aromatic N) is 2. The molecule has 0 aliphatic carbocycles. The molecule has 0 bridgehead atoms. The van der Waals surface area contributed by atoms with Crippen molar-refractivity contribution < 1.29 is 4.79 Å². The van der Waals surface area contributed by atoms with E-state index in [-0.39, 0.29) is 5.91 Å². The van der Waals surface area contributed by atoms with Crippen molar-refractivity contribution in [2.24, 2.45) is 0 Å². The minimum Gasteiger partial charge on any atom is -0.369 e. The molecule has 3 rings (SSSR count). The third-order valence-electron chi connectivity index (χ3n) is 4.91. The van der Waals surface area contributed by atoms with Gasteiger partial charge in [0.2, 0.25) is 5.91 Å². The first-order valence-corrected chi connectivity index (χ1v) is 9.64. The van der Waals surface area contributed by atoms with E-state index in [0.29, 0.717) is 11.6 Å². The summed E-state index contributed by atoms with van der Waals surface area (Å²) in [7, 11) is 2.15. The molecule has 0 atom stereocenters. The molecular weight excluding hydrogens is 358 g/mol. The molecular formula is C22H26ClN3O. The quantitative estimate of drug-likeness (QED) is 0.799. The zero-order valence-corrected chi connectivity index (χ0v) is 16.7. The highest BCUT2D eigenvalue weighted by Crippen LogP contribution is 2.21. The second-order valence-corrected chi connectivity index (χ2v) is 7.39. The molecule has 0 radical (unpaired) electrons. The fourth-order valence-electron chi connectivity index (χ4n) is 3.14. The van der Waals surface area contributed by atoms with Crippen LogP contribution in [0.4, 0.5) is 5.69 Å². The lowest BCUT2D eigenvalue weighted by molar-refractivity contribution is -0.116. The highest BCUT2D eigenvalue weighted by molar-refractivity contribution is 6.31. The van der Waals surface area contributed by atoms with Crippen LogP contribution in [0.5, 0.6) is 0 Å². The first kappa shape index (κ1) is 19.5. The molecule has 27 heavy (non-hydrogen) atoms. The average Bonchev–Trinajstić information content (AvgIpc) is 2.68. The Morgan fingerprint density at radius 1 is 1.15 bits per heavy atom. The summed E-state index contributed by atoms with van der Waals surface area (Å²) in [4.78, 5) is 17.0. The minimum absolute atomic E-state index is 0.111. The van der Waals surface area contributed by atoms with Crippen LogP contribution in [-0.4, -0.2) is 44.0 Å². The van der Waals surface area contributed by atoms with Crippen molar-refractivity contribution in [3.8, 4) is 0 Å². The molecule has 5 heteroatoms. The normalized spacial score (nSPS) is 15.3. The maximum absolute atomic E-state index is 12.2. The van der Waals surface area contributed by atoms with Crippen molar-refractivity contribution in [3.05, 3.63) is 70.3 Å². The Morgan fingerprint density at radius 3 is 2.63 bits per heavy atom. The van der Waals surface area contributed by atoms with E-state index in [4.69, 9.17) is 11.6 Å². The number of carbonyl (C=O) groups is 1. The maximum Gasteiger partial charge on any atom is 0.244 e. The molecule has 0 spiro atoms. The first-order valence-electron chi connectivity index (χ1n) is 9.26. The molecule has 2 aromatic rings. The molecule has 2 aromatic carbocycles. The van der Waals surface area contributed by atoms with Crippen LogP contribution < -0.4 is 10.2 Å². The zero-order valence-electron chi connectivity index (χ0n) is 15.9. The SMILES string of the molecule is Cc1ccc(/C=C/C(=O)NCc2ccccc2N2CCN(C)CC2)cc1Cl. The number of benzene rings is 2. The number of amides is 1. The van der Waals surface area contributed by atoms with Gasteiger partial charge < -0.3 is 15.1 Å². The van der Waals surface area contributed by atoms with Gasteiger partial charge in [0.05, 0.1) is 0 Å². The van der Waals surface area contributed by atoms with Crippen LogP contribution >= 0.6 is 11.6 Å². The molecule has 1 N–H and O–H groups in total. The number of nitrogens with one attached hydrogen (secondary N) is 1. The van der Waals surface area contributed by atoms with Crippen LogP contribution in [0.15, 0.2) is 48.5 Å². The number of piperazine rings is 1. The third kappa shape index (κ3) is 5.34. The topological polar surface area (TPSA) is 35.6 Å². The molecule has 1 aliphatic heterocycles. The summed E-state index contributed by atoms with van der Waals surface area (Å²) < 4.78 is 0. The average molecular weight is 384 g/mol. The number of anilines is 1. The summed E-state index contributed by atoms with van der Waals surface area (Å²) in [5.41, 5.74) is 4.29. The molecule has 0 aromatic heterocycles. The molecule has 4 nitrogen and oxygen atoms in total. The van der Waals surface area contributed by atoms with E-state index in [2.05, 4.69) is 40.4 Å². The van der Waals surface area contributed by atoms with Gasteiger partial charge in [0.1, 0.15) is 0 Å². The summed E-state index contributed by atoms with van der Waals surface area (Å²) in [6, 6.07) is 14.1.